The van der Waals surface area contributed by atoms with E-state index in [0.29, 0.717) is 26.1 Å². The molecule has 0 aliphatic rings. The highest BCUT2D eigenvalue weighted by Gasteiger charge is 2.18. The Balaban J connectivity index is 2.65. The molecule has 0 saturated heterocycles. The number of imidazole rings is 1. The summed E-state index contributed by atoms with van der Waals surface area (Å²) >= 11 is 0. The molecular weight excluding hydrogens is 292 g/mol. The number of rotatable bonds is 7. The van der Waals surface area contributed by atoms with Crippen LogP contribution in [-0.2, 0) is 29.0 Å². The maximum absolute atomic E-state index is 12.1. The summed E-state index contributed by atoms with van der Waals surface area (Å²) < 4.78 is 7.81. The zero-order valence-electron chi connectivity index (χ0n) is 12.5. The highest BCUT2D eigenvalue weighted by molar-refractivity contribution is 5.74. The highest BCUT2D eigenvalue weighted by atomic mass is 16.5. The van der Waals surface area contributed by atoms with Gasteiger partial charge in [-0.1, -0.05) is 0 Å². The Morgan fingerprint density at radius 1 is 1.36 bits per heavy atom. The summed E-state index contributed by atoms with van der Waals surface area (Å²) in [5, 5.41) is 8.95. The van der Waals surface area contributed by atoms with Gasteiger partial charge in [0.1, 0.15) is 12.2 Å². The molecule has 0 radical (unpaired) electrons. The molecule has 0 saturated carbocycles. The van der Waals surface area contributed by atoms with Crippen LogP contribution < -0.4 is 11.2 Å². The van der Waals surface area contributed by atoms with Crippen molar-refractivity contribution in [1.29, 1.82) is 0 Å². The molecule has 0 unspecified atom stereocenters. The smallest absolute Gasteiger partial charge is 0.330 e. The Morgan fingerprint density at radius 3 is 2.68 bits per heavy atom. The third kappa shape index (κ3) is 2.93. The Bertz CT molecular complexity index is 801. The molecule has 0 aromatic carbocycles. The summed E-state index contributed by atoms with van der Waals surface area (Å²) in [5.74, 6) is -0.795. The first-order valence-electron chi connectivity index (χ1n) is 6.92. The minimum atomic E-state index is -1.05. The van der Waals surface area contributed by atoms with Gasteiger partial charge in [0, 0.05) is 26.8 Å². The number of ether oxygens (including phenoxy) is 1. The molecule has 2 aromatic rings. The van der Waals surface area contributed by atoms with Crippen LogP contribution in [0, 0.1) is 0 Å². The van der Waals surface area contributed by atoms with E-state index >= 15 is 0 Å². The van der Waals surface area contributed by atoms with E-state index in [1.807, 2.05) is 0 Å². The number of aromatic nitrogens is 4. The first-order valence-corrected chi connectivity index (χ1v) is 6.92. The zero-order chi connectivity index (χ0) is 16.3. The van der Waals surface area contributed by atoms with Crippen LogP contribution in [-0.4, -0.2) is 43.9 Å². The van der Waals surface area contributed by atoms with Crippen LogP contribution >= 0.6 is 0 Å². The summed E-state index contributed by atoms with van der Waals surface area (Å²) in [5.41, 5.74) is -0.691. The number of methoxy groups -OCH3 is 1. The van der Waals surface area contributed by atoms with Crippen molar-refractivity contribution < 1.29 is 14.6 Å². The summed E-state index contributed by atoms with van der Waals surface area (Å²) in [6.45, 7) is 2.96. The molecular formula is C13H18N4O5. The fourth-order valence-electron chi connectivity index (χ4n) is 2.40. The van der Waals surface area contributed by atoms with Gasteiger partial charge in [0.2, 0.25) is 0 Å². The molecule has 2 rings (SSSR count). The standard InChI is InChI=1S/C13H18N4O5/c1-3-16-8(7-9(18)19)14-11-10(16)12(20)15-13(21)17(11)5-4-6-22-2/h3-7H2,1-2H3,(H,18,19)(H,15,20,21). The predicted octanol–water partition coefficient (Wildman–Crippen LogP) is -0.430. The average molecular weight is 310 g/mol. The quantitative estimate of drug-likeness (QED) is 0.670. The van der Waals surface area contributed by atoms with Gasteiger partial charge in [0.15, 0.2) is 11.2 Å². The third-order valence-electron chi connectivity index (χ3n) is 3.32. The SMILES string of the molecule is CCn1c(CC(=O)O)nc2c1c(=O)[nH]c(=O)n2CCCOC. The fraction of sp³-hybridized carbons (Fsp3) is 0.538. The number of carboxylic acids is 1. The number of fused-ring (bicyclic) bond motifs is 1. The number of H-pyrrole nitrogens is 1. The minimum absolute atomic E-state index is 0.211. The molecule has 0 bridgehead atoms. The van der Waals surface area contributed by atoms with Gasteiger partial charge < -0.3 is 14.4 Å². The maximum Gasteiger partial charge on any atom is 0.330 e. The number of carboxylic acid groups (broad SMARTS) is 1. The van der Waals surface area contributed by atoms with E-state index in [4.69, 9.17) is 9.84 Å². The largest absolute Gasteiger partial charge is 0.481 e. The van der Waals surface area contributed by atoms with Crippen molar-refractivity contribution in [1.82, 2.24) is 19.1 Å². The van der Waals surface area contributed by atoms with Crippen molar-refractivity contribution >= 4 is 17.1 Å². The molecule has 120 valence electrons. The predicted molar refractivity (Wildman–Crippen MR) is 78.1 cm³/mol. The van der Waals surface area contributed by atoms with E-state index < -0.39 is 17.2 Å². The van der Waals surface area contributed by atoms with Gasteiger partial charge in [-0.15, -0.1) is 0 Å². The Labute approximate surface area is 125 Å². The van der Waals surface area contributed by atoms with Crippen molar-refractivity contribution in [3.8, 4) is 0 Å². The molecule has 0 atom stereocenters. The monoisotopic (exact) mass is 310 g/mol. The second-order valence-corrected chi connectivity index (χ2v) is 4.77. The number of hydrogen-bond acceptors (Lipinski definition) is 5. The van der Waals surface area contributed by atoms with E-state index in [-0.39, 0.29) is 23.4 Å². The number of aliphatic carboxylic acids is 1. The van der Waals surface area contributed by atoms with Crippen LogP contribution in [0.25, 0.3) is 11.2 Å². The number of nitrogens with one attached hydrogen (secondary N) is 1. The summed E-state index contributed by atoms with van der Waals surface area (Å²) in [4.78, 5) is 41.4. The summed E-state index contributed by atoms with van der Waals surface area (Å²) in [6.07, 6.45) is 0.263. The normalized spacial score (nSPS) is 11.2. The lowest BCUT2D eigenvalue weighted by molar-refractivity contribution is -0.136. The molecule has 0 amide bonds. The van der Waals surface area contributed by atoms with Gasteiger partial charge in [0.25, 0.3) is 5.56 Å². The molecule has 9 heteroatoms. The fourth-order valence-corrected chi connectivity index (χ4v) is 2.40. The van der Waals surface area contributed by atoms with Gasteiger partial charge in [0.05, 0.1) is 0 Å². The number of aryl methyl sites for hydroxylation is 2. The van der Waals surface area contributed by atoms with Gasteiger partial charge in [-0.05, 0) is 13.3 Å². The van der Waals surface area contributed by atoms with E-state index in [1.165, 1.54) is 9.13 Å². The van der Waals surface area contributed by atoms with Crippen LogP contribution in [0.4, 0.5) is 0 Å². The molecule has 0 fully saturated rings. The Kier molecular flexibility index (Phi) is 4.76. The first kappa shape index (κ1) is 16.0. The van der Waals surface area contributed by atoms with Crippen molar-refractivity contribution in [3.63, 3.8) is 0 Å². The maximum atomic E-state index is 12.1. The summed E-state index contributed by atoms with van der Waals surface area (Å²) in [7, 11) is 1.56. The molecule has 22 heavy (non-hydrogen) atoms. The molecule has 0 aliphatic carbocycles. The topological polar surface area (TPSA) is 119 Å². The molecule has 9 nitrogen and oxygen atoms in total. The average Bonchev–Trinajstić information content (AvgIpc) is 2.80. The van der Waals surface area contributed by atoms with E-state index in [9.17, 15) is 14.4 Å². The zero-order valence-corrected chi connectivity index (χ0v) is 12.5. The second kappa shape index (κ2) is 6.56. The van der Waals surface area contributed by atoms with E-state index in [1.54, 1.807) is 14.0 Å². The molecule has 0 aliphatic heterocycles. The lowest BCUT2D eigenvalue weighted by atomic mass is 10.4. The van der Waals surface area contributed by atoms with Crippen LogP contribution in [0.1, 0.15) is 19.2 Å². The van der Waals surface area contributed by atoms with E-state index in [2.05, 4.69) is 9.97 Å². The second-order valence-electron chi connectivity index (χ2n) is 4.77. The lowest BCUT2D eigenvalue weighted by Crippen LogP contribution is -2.31. The van der Waals surface area contributed by atoms with Crippen molar-refractivity contribution in [3.05, 3.63) is 26.7 Å². The summed E-state index contributed by atoms with van der Waals surface area (Å²) in [6, 6.07) is 0. The van der Waals surface area contributed by atoms with Crippen LogP contribution in [0.2, 0.25) is 0 Å². The van der Waals surface area contributed by atoms with Crippen LogP contribution in [0.5, 0.6) is 0 Å². The van der Waals surface area contributed by atoms with E-state index in [0.717, 1.165) is 0 Å². The minimum Gasteiger partial charge on any atom is -0.481 e. The van der Waals surface area contributed by atoms with Crippen LogP contribution in [0.3, 0.4) is 0 Å². The van der Waals surface area contributed by atoms with Crippen molar-refractivity contribution in [2.75, 3.05) is 13.7 Å². The number of carbonyl (C=O) groups is 1. The number of aromatic amines is 1. The molecule has 0 spiro atoms. The van der Waals surface area contributed by atoms with Gasteiger partial charge in [-0.2, -0.15) is 0 Å². The van der Waals surface area contributed by atoms with Crippen molar-refractivity contribution in [2.45, 2.75) is 32.9 Å². The van der Waals surface area contributed by atoms with Gasteiger partial charge >= 0.3 is 11.7 Å². The lowest BCUT2D eigenvalue weighted by Gasteiger charge is -2.06. The Morgan fingerprint density at radius 2 is 2.09 bits per heavy atom. The molecule has 2 aromatic heterocycles. The first-order chi connectivity index (χ1) is 10.5. The van der Waals surface area contributed by atoms with Crippen LogP contribution in [0.15, 0.2) is 9.59 Å². The third-order valence-corrected chi connectivity index (χ3v) is 3.32. The number of nitrogens with zero attached hydrogens (tertiary/aromatic N) is 3. The Hall–Kier alpha value is -2.42. The molecule has 2 N–H and O–H groups in total. The van der Waals surface area contributed by atoms with Gasteiger partial charge in [-0.3, -0.25) is 19.1 Å². The number of hydrogen-bond donors (Lipinski definition) is 2. The van der Waals surface area contributed by atoms with Crippen molar-refractivity contribution in [2.24, 2.45) is 0 Å². The van der Waals surface area contributed by atoms with Gasteiger partial charge in [-0.25, -0.2) is 9.78 Å². The highest BCUT2D eigenvalue weighted by Crippen LogP contribution is 2.12. The molecule has 2 heterocycles.